The Labute approximate surface area is 163 Å². The van der Waals surface area contributed by atoms with Gasteiger partial charge in [0.1, 0.15) is 5.54 Å². The molecule has 5 heteroatoms. The van der Waals surface area contributed by atoms with E-state index in [2.05, 4.69) is 18.3 Å². The van der Waals surface area contributed by atoms with Gasteiger partial charge in [0.15, 0.2) is 0 Å². The molecule has 1 radical (unpaired) electrons. The summed E-state index contributed by atoms with van der Waals surface area (Å²) in [7, 11) is 0. The number of hydrogen-bond acceptors (Lipinski definition) is 2. The fourth-order valence-corrected chi connectivity index (χ4v) is 3.17. The van der Waals surface area contributed by atoms with E-state index in [0.29, 0.717) is 18.8 Å². The number of aryl methyl sites for hydroxylation is 2. The summed E-state index contributed by atoms with van der Waals surface area (Å²) in [4.78, 5) is 24.1. The average molecular weight is 391 g/mol. The number of amides is 1. The maximum absolute atomic E-state index is 12.4. The van der Waals surface area contributed by atoms with Gasteiger partial charge in [0.05, 0.1) is 0 Å². The second kappa shape index (κ2) is 8.39. The van der Waals surface area contributed by atoms with Crippen LogP contribution in [0.25, 0.3) is 0 Å². The fraction of sp³-hybridized carbons (Fsp3) is 0.556. The van der Waals surface area contributed by atoms with Gasteiger partial charge in [0.2, 0.25) is 5.91 Å². The molecule has 0 aliphatic heterocycles. The minimum Gasteiger partial charge on any atom is -0.480 e. The summed E-state index contributed by atoms with van der Waals surface area (Å²) in [6, 6.07) is 6.73. The Morgan fingerprint density at radius 1 is 1.26 bits per heavy atom. The van der Waals surface area contributed by atoms with Crippen molar-refractivity contribution in [2.75, 3.05) is 0 Å². The largest absolute Gasteiger partial charge is 0.480 e. The first-order valence-corrected chi connectivity index (χ1v) is 7.84. The van der Waals surface area contributed by atoms with Crippen molar-refractivity contribution in [1.82, 2.24) is 5.32 Å². The van der Waals surface area contributed by atoms with Crippen LogP contribution in [-0.4, -0.2) is 22.5 Å². The number of carbonyl (C=O) groups is 2. The molecule has 2 rings (SSSR count). The number of carboxylic acid groups (broad SMARTS) is 1. The quantitative estimate of drug-likeness (QED) is 0.776. The van der Waals surface area contributed by atoms with E-state index in [0.717, 1.165) is 29.5 Å². The smallest absolute Gasteiger partial charge is 0.329 e. The molecule has 0 spiro atoms. The number of rotatable bonds is 4. The van der Waals surface area contributed by atoms with Gasteiger partial charge in [0, 0.05) is 39.1 Å². The number of aliphatic carboxylic acids is 1. The molecule has 0 aromatic heterocycles. The van der Waals surface area contributed by atoms with E-state index < -0.39 is 11.5 Å². The first kappa shape index (κ1) is 20.3. The topological polar surface area (TPSA) is 66.4 Å². The number of benzene rings is 1. The van der Waals surface area contributed by atoms with E-state index in [1.807, 2.05) is 26.0 Å². The van der Waals surface area contributed by atoms with Crippen LogP contribution in [0, 0.1) is 25.8 Å². The van der Waals surface area contributed by atoms with Gasteiger partial charge in [0.25, 0.3) is 0 Å². The van der Waals surface area contributed by atoms with Crippen LogP contribution in [0.1, 0.15) is 49.3 Å². The van der Waals surface area contributed by atoms with E-state index in [4.69, 9.17) is 0 Å². The van der Waals surface area contributed by atoms with Crippen molar-refractivity contribution in [3.63, 3.8) is 0 Å². The Hall–Kier alpha value is -0.736. The molecule has 123 valence electrons. The van der Waals surface area contributed by atoms with Gasteiger partial charge < -0.3 is 10.4 Å². The number of hydrogen-bond donors (Lipinski definition) is 2. The summed E-state index contributed by atoms with van der Waals surface area (Å²) in [5, 5.41) is 12.4. The van der Waals surface area contributed by atoms with Crippen molar-refractivity contribution in [2.45, 2.75) is 58.4 Å². The van der Waals surface area contributed by atoms with Crippen molar-refractivity contribution in [1.29, 1.82) is 0 Å². The molecule has 0 unspecified atom stereocenters. The zero-order chi connectivity index (χ0) is 16.3. The Balaban J connectivity index is 0.00000264. The first-order valence-electron chi connectivity index (χ1n) is 7.84. The summed E-state index contributed by atoms with van der Waals surface area (Å²) in [5.74, 6) is -0.601. The second-order valence-electron chi connectivity index (χ2n) is 6.59. The van der Waals surface area contributed by atoms with Gasteiger partial charge in [-0.05, 0) is 31.6 Å². The van der Waals surface area contributed by atoms with Crippen LogP contribution >= 0.6 is 0 Å². The molecule has 2 N–H and O–H groups in total. The predicted octanol–water partition coefficient (Wildman–Crippen LogP) is 2.79. The van der Waals surface area contributed by atoms with Crippen LogP contribution in [0.3, 0.4) is 0 Å². The van der Waals surface area contributed by atoms with E-state index in [9.17, 15) is 14.7 Å². The average Bonchev–Trinajstić information content (AvgIpc) is 2.45. The van der Waals surface area contributed by atoms with Gasteiger partial charge in [-0.3, -0.25) is 4.79 Å². The van der Waals surface area contributed by atoms with Crippen LogP contribution < -0.4 is 5.32 Å². The van der Waals surface area contributed by atoms with Gasteiger partial charge in [-0.2, -0.15) is 29.3 Å². The minimum atomic E-state index is -1.09. The van der Waals surface area contributed by atoms with Gasteiger partial charge in [-0.15, -0.1) is 5.56 Å². The third-order valence-electron chi connectivity index (χ3n) is 4.80. The molecule has 1 aromatic carbocycles. The molecular weight excluding hydrogens is 367 g/mol. The summed E-state index contributed by atoms with van der Waals surface area (Å²) in [5.41, 5.74) is 1.89. The molecule has 1 amide bonds. The predicted molar refractivity (Wildman–Crippen MR) is 84.6 cm³/mol. The Morgan fingerprint density at radius 2 is 1.78 bits per heavy atom. The molecule has 23 heavy (non-hydrogen) atoms. The van der Waals surface area contributed by atoms with E-state index >= 15 is 0 Å². The zero-order valence-corrected chi connectivity index (χ0v) is 16.9. The van der Waals surface area contributed by atoms with Crippen LogP contribution in [-0.2, 0) is 48.7 Å². The molecule has 1 aliphatic rings. The SMILES string of the molecule is Cc1c[c-]cc(C)c1CC(=O)NC1(C(=O)O)CCC(C)CC1.[Y]. The molecule has 0 atom stereocenters. The monoisotopic (exact) mass is 391 g/mol. The van der Waals surface area contributed by atoms with E-state index in [-0.39, 0.29) is 45.0 Å². The van der Waals surface area contributed by atoms with Gasteiger partial charge in [-0.25, -0.2) is 4.79 Å². The van der Waals surface area contributed by atoms with Crippen molar-refractivity contribution >= 4 is 11.9 Å². The summed E-state index contributed by atoms with van der Waals surface area (Å²) < 4.78 is 0. The van der Waals surface area contributed by atoms with Crippen LogP contribution in [0.2, 0.25) is 0 Å². The van der Waals surface area contributed by atoms with Crippen molar-refractivity contribution in [2.24, 2.45) is 5.92 Å². The zero-order valence-electron chi connectivity index (χ0n) is 14.1. The van der Waals surface area contributed by atoms with Crippen LogP contribution in [0.15, 0.2) is 12.1 Å². The van der Waals surface area contributed by atoms with Gasteiger partial charge >= 0.3 is 5.97 Å². The third kappa shape index (κ3) is 4.87. The first-order chi connectivity index (χ1) is 10.3. The summed E-state index contributed by atoms with van der Waals surface area (Å²) in [6.45, 7) is 6.02. The fourth-order valence-electron chi connectivity index (χ4n) is 3.17. The number of carboxylic acids is 1. The maximum atomic E-state index is 12.4. The summed E-state index contributed by atoms with van der Waals surface area (Å²) >= 11 is 0. The maximum Gasteiger partial charge on any atom is 0.329 e. The van der Waals surface area contributed by atoms with Crippen LogP contribution in [0.5, 0.6) is 0 Å². The standard InChI is InChI=1S/C18H24NO3.Y/c1-12-7-9-18(10-8-12,17(21)22)19-16(20)11-15-13(2)5-4-6-14(15)3;/h5-6,12H,7-11H2,1-3H3,(H,19,20)(H,21,22);/q-1;. The van der Waals surface area contributed by atoms with Crippen molar-refractivity contribution in [3.05, 3.63) is 34.9 Å². The third-order valence-corrected chi connectivity index (χ3v) is 4.80. The molecule has 1 aliphatic carbocycles. The number of nitrogens with one attached hydrogen (secondary N) is 1. The molecule has 1 saturated carbocycles. The van der Waals surface area contributed by atoms with Crippen molar-refractivity contribution < 1.29 is 47.4 Å². The molecule has 4 nitrogen and oxygen atoms in total. The van der Waals surface area contributed by atoms with Gasteiger partial charge in [-0.1, -0.05) is 20.8 Å². The Morgan fingerprint density at radius 3 is 2.26 bits per heavy atom. The molecule has 0 saturated heterocycles. The molecule has 0 heterocycles. The molecule has 1 fully saturated rings. The normalized spacial score (nSPS) is 23.7. The minimum absolute atomic E-state index is 0. The Kier molecular flexibility index (Phi) is 7.41. The Bertz CT molecular complexity index is 557. The van der Waals surface area contributed by atoms with E-state index in [1.54, 1.807) is 0 Å². The molecular formula is C18H24NO3Y-. The summed E-state index contributed by atoms with van der Waals surface area (Å²) in [6.07, 6.45) is 2.92. The molecule has 1 aromatic rings. The van der Waals surface area contributed by atoms with E-state index in [1.165, 1.54) is 0 Å². The second-order valence-corrected chi connectivity index (χ2v) is 6.59. The number of carbonyl (C=O) groups excluding carboxylic acids is 1. The van der Waals surface area contributed by atoms with Crippen molar-refractivity contribution in [3.8, 4) is 0 Å². The molecule has 0 bridgehead atoms. The van der Waals surface area contributed by atoms with Crippen LogP contribution in [0.4, 0.5) is 0 Å².